The predicted molar refractivity (Wildman–Crippen MR) is 215 cm³/mol. The molecule has 0 fully saturated rings. The van der Waals surface area contributed by atoms with Gasteiger partial charge < -0.3 is 24.4 Å². The monoisotopic (exact) mass is 778 g/mol. The van der Waals surface area contributed by atoms with Crippen molar-refractivity contribution >= 4 is 25.5 Å². The van der Waals surface area contributed by atoms with Gasteiger partial charge in [-0.3, -0.25) is 18.9 Å². The average molecular weight is 779 g/mol. The van der Waals surface area contributed by atoms with Gasteiger partial charge in [0.2, 0.25) is 0 Å². The summed E-state index contributed by atoms with van der Waals surface area (Å²) in [6, 6.07) is 0. The number of aliphatic hydroxyl groups excluding tert-OH is 1. The fourth-order valence-corrected chi connectivity index (χ4v) is 6.40. The van der Waals surface area contributed by atoms with Gasteiger partial charge in [-0.2, -0.15) is 0 Å². The molecule has 3 N–H and O–H groups in total. The molecule has 0 saturated carbocycles. The van der Waals surface area contributed by atoms with Crippen molar-refractivity contribution in [2.75, 3.05) is 13.2 Å². The SMILES string of the molecule is CCCCC/C=C\C/C=C\CCCCCCCCCC(=O)OC[C@H](COP(=O)(O)O)OC(=O)CCC/C=C\C[C@H]1C=CC(=O)[C@@H]1/C=C/[C@@H](O)CCCCC. The van der Waals surface area contributed by atoms with Gasteiger partial charge in [0.25, 0.3) is 0 Å². The molecular weight excluding hydrogens is 707 g/mol. The second kappa shape index (κ2) is 32.6. The molecule has 0 saturated heterocycles. The number of aliphatic hydroxyl groups is 1. The molecule has 308 valence electrons. The molecule has 0 aliphatic heterocycles. The highest BCUT2D eigenvalue weighted by Crippen LogP contribution is 2.36. The number of hydrogen-bond acceptors (Lipinski definition) is 8. The number of hydrogen-bond donors (Lipinski definition) is 3. The summed E-state index contributed by atoms with van der Waals surface area (Å²) < 4.78 is 26.4. The van der Waals surface area contributed by atoms with Crippen molar-refractivity contribution in [3.63, 3.8) is 0 Å². The number of ketones is 1. The van der Waals surface area contributed by atoms with E-state index in [1.807, 2.05) is 24.3 Å². The standard InChI is InChI=1S/C43H71O10P/c1-3-5-7-8-9-10-11-12-13-14-15-16-17-18-19-20-25-29-42(46)51-35-39(36-52-54(48,49)50)53-43(47)30-26-22-21-24-27-37-31-34-41(45)40(37)33-32-38(44)28-23-6-4-2/h9-10,12-13,21,24,31-34,37-40,44H,3-8,11,14-20,22-23,25-30,35-36H2,1-2H3,(H2,48,49,50)/b10-9-,13-12-,24-21-,33-32+/t37-,38-,39+,40+/m0/s1. The molecule has 11 heteroatoms. The van der Waals surface area contributed by atoms with E-state index in [9.17, 15) is 24.1 Å². The summed E-state index contributed by atoms with van der Waals surface area (Å²) in [5.41, 5.74) is 0. The number of carbonyl (C=O) groups excluding carboxylic acids is 3. The third-order valence-electron chi connectivity index (χ3n) is 9.26. The third-order valence-corrected chi connectivity index (χ3v) is 9.74. The Balaban J connectivity index is 2.26. The smallest absolute Gasteiger partial charge is 0.462 e. The van der Waals surface area contributed by atoms with E-state index >= 15 is 0 Å². The fourth-order valence-electron chi connectivity index (χ4n) is 6.04. The molecule has 0 heterocycles. The number of phosphoric acid groups is 1. The van der Waals surface area contributed by atoms with Gasteiger partial charge in [0.05, 0.1) is 12.7 Å². The van der Waals surface area contributed by atoms with Crippen LogP contribution in [-0.2, 0) is 32.9 Å². The van der Waals surface area contributed by atoms with Gasteiger partial charge in [-0.25, -0.2) is 4.57 Å². The summed E-state index contributed by atoms with van der Waals surface area (Å²) in [4.78, 5) is 55.3. The lowest BCUT2D eigenvalue weighted by molar-refractivity contribution is -0.161. The lowest BCUT2D eigenvalue weighted by Gasteiger charge is -2.18. The minimum atomic E-state index is -4.81. The second-order valence-electron chi connectivity index (χ2n) is 14.3. The normalized spacial score (nSPS) is 17.5. The molecule has 0 spiro atoms. The molecule has 0 amide bonds. The maximum absolute atomic E-state index is 12.5. The lowest BCUT2D eigenvalue weighted by atomic mass is 9.90. The molecule has 0 aromatic heterocycles. The summed E-state index contributed by atoms with van der Waals surface area (Å²) in [5.74, 6) is -1.29. The number of allylic oxidation sites excluding steroid dienone is 9. The molecule has 0 aromatic rings. The van der Waals surface area contributed by atoms with Crippen LogP contribution < -0.4 is 0 Å². The highest BCUT2D eigenvalue weighted by Gasteiger charge is 2.27. The molecule has 1 aliphatic carbocycles. The Morgan fingerprint density at radius 1 is 0.759 bits per heavy atom. The van der Waals surface area contributed by atoms with Crippen LogP contribution in [0.5, 0.6) is 0 Å². The Kier molecular flexibility index (Phi) is 29.8. The van der Waals surface area contributed by atoms with Gasteiger partial charge in [0, 0.05) is 18.8 Å². The van der Waals surface area contributed by atoms with Crippen LogP contribution >= 0.6 is 7.82 Å². The molecule has 0 aromatic carbocycles. The highest BCUT2D eigenvalue weighted by atomic mass is 31.2. The van der Waals surface area contributed by atoms with Crippen LogP contribution in [0.4, 0.5) is 0 Å². The first kappa shape index (κ1) is 49.4. The van der Waals surface area contributed by atoms with Gasteiger partial charge in [-0.15, -0.1) is 0 Å². The molecule has 0 radical (unpaired) electrons. The Hall–Kier alpha value is -2.62. The van der Waals surface area contributed by atoms with E-state index < -0.39 is 38.6 Å². The third kappa shape index (κ3) is 28.8. The van der Waals surface area contributed by atoms with Crippen molar-refractivity contribution in [3.05, 3.63) is 60.8 Å². The minimum Gasteiger partial charge on any atom is -0.462 e. The first-order chi connectivity index (χ1) is 26.1. The van der Waals surface area contributed by atoms with Crippen LogP contribution in [0.2, 0.25) is 0 Å². The van der Waals surface area contributed by atoms with E-state index in [1.165, 1.54) is 44.9 Å². The zero-order chi connectivity index (χ0) is 39.7. The average Bonchev–Trinajstić information content (AvgIpc) is 3.49. The molecule has 10 nitrogen and oxygen atoms in total. The van der Waals surface area contributed by atoms with Crippen LogP contribution in [0.15, 0.2) is 60.8 Å². The number of esters is 2. The second-order valence-corrected chi connectivity index (χ2v) is 15.5. The fraction of sp³-hybridized carbons (Fsp3) is 0.698. The van der Waals surface area contributed by atoms with Crippen molar-refractivity contribution in [2.24, 2.45) is 11.8 Å². The Labute approximate surface area is 325 Å². The molecule has 1 aliphatic rings. The van der Waals surface area contributed by atoms with Crippen LogP contribution in [0, 0.1) is 11.8 Å². The highest BCUT2D eigenvalue weighted by molar-refractivity contribution is 7.46. The van der Waals surface area contributed by atoms with Crippen molar-refractivity contribution in [1.29, 1.82) is 0 Å². The molecule has 54 heavy (non-hydrogen) atoms. The van der Waals surface area contributed by atoms with E-state index in [0.29, 0.717) is 32.1 Å². The number of phosphoric ester groups is 1. The first-order valence-corrected chi connectivity index (χ1v) is 22.2. The van der Waals surface area contributed by atoms with E-state index in [2.05, 4.69) is 42.7 Å². The molecular formula is C43H71O10P. The summed E-state index contributed by atoms with van der Waals surface area (Å²) in [7, 11) is -4.81. The van der Waals surface area contributed by atoms with Crippen LogP contribution in [-0.4, -0.2) is 58.0 Å². The van der Waals surface area contributed by atoms with E-state index in [4.69, 9.17) is 19.3 Å². The number of rotatable bonds is 34. The van der Waals surface area contributed by atoms with Gasteiger partial charge in [0.15, 0.2) is 11.9 Å². The molecule has 0 unspecified atom stereocenters. The largest absolute Gasteiger partial charge is 0.469 e. The van der Waals surface area contributed by atoms with E-state index in [-0.39, 0.29) is 37.1 Å². The maximum atomic E-state index is 12.5. The summed E-state index contributed by atoms with van der Waals surface area (Å²) in [6.07, 6.45) is 38.5. The molecule has 4 atom stereocenters. The zero-order valence-electron chi connectivity index (χ0n) is 33.2. The quantitative estimate of drug-likeness (QED) is 0.0249. The number of ether oxygens (including phenoxy) is 2. The van der Waals surface area contributed by atoms with Crippen molar-refractivity contribution in [1.82, 2.24) is 0 Å². The van der Waals surface area contributed by atoms with Crippen LogP contribution in [0.1, 0.15) is 155 Å². The molecule has 1 rings (SSSR count). The van der Waals surface area contributed by atoms with Crippen molar-refractivity contribution in [3.8, 4) is 0 Å². The topological polar surface area (TPSA) is 157 Å². The van der Waals surface area contributed by atoms with E-state index in [1.54, 1.807) is 12.2 Å². The minimum absolute atomic E-state index is 0.0146. The van der Waals surface area contributed by atoms with Gasteiger partial charge >= 0.3 is 19.8 Å². The number of unbranched alkanes of at least 4 members (excludes halogenated alkanes) is 13. The Morgan fingerprint density at radius 2 is 1.35 bits per heavy atom. The van der Waals surface area contributed by atoms with Gasteiger partial charge in [-0.1, -0.05) is 133 Å². The summed E-state index contributed by atoms with van der Waals surface area (Å²) in [6.45, 7) is 3.38. The zero-order valence-corrected chi connectivity index (χ0v) is 34.1. The lowest BCUT2D eigenvalue weighted by Crippen LogP contribution is -2.29. The van der Waals surface area contributed by atoms with Crippen molar-refractivity contribution in [2.45, 2.75) is 167 Å². The van der Waals surface area contributed by atoms with Gasteiger partial charge in [-0.05, 0) is 76.2 Å². The molecule has 0 bridgehead atoms. The predicted octanol–water partition coefficient (Wildman–Crippen LogP) is 10.1. The summed E-state index contributed by atoms with van der Waals surface area (Å²) in [5, 5.41) is 10.2. The van der Waals surface area contributed by atoms with E-state index in [0.717, 1.165) is 51.4 Å². The Bertz CT molecular complexity index is 1200. The number of carbonyl (C=O) groups is 3. The Morgan fingerprint density at radius 3 is 2.04 bits per heavy atom. The summed E-state index contributed by atoms with van der Waals surface area (Å²) >= 11 is 0. The van der Waals surface area contributed by atoms with Gasteiger partial charge in [0.1, 0.15) is 6.61 Å². The van der Waals surface area contributed by atoms with Crippen LogP contribution in [0.3, 0.4) is 0 Å². The van der Waals surface area contributed by atoms with Crippen molar-refractivity contribution < 1.29 is 47.8 Å². The first-order valence-electron chi connectivity index (χ1n) is 20.6. The van der Waals surface area contributed by atoms with Crippen LogP contribution in [0.25, 0.3) is 0 Å². The maximum Gasteiger partial charge on any atom is 0.469 e.